The highest BCUT2D eigenvalue weighted by Crippen LogP contribution is 2.23. The Bertz CT molecular complexity index is 343. The highest BCUT2D eigenvalue weighted by molar-refractivity contribution is 5.62. The third kappa shape index (κ3) is 3.16. The van der Waals surface area contributed by atoms with Crippen molar-refractivity contribution in [1.82, 2.24) is 0 Å². The summed E-state index contributed by atoms with van der Waals surface area (Å²) in [7, 11) is 4.16. The number of benzene rings is 1. The molecule has 0 bridgehead atoms. The fraction of sp³-hybridized carbons (Fsp3) is 0.571. The number of anilines is 2. The van der Waals surface area contributed by atoms with Gasteiger partial charge in [-0.05, 0) is 37.5 Å². The van der Waals surface area contributed by atoms with Crippen molar-refractivity contribution in [3.05, 3.63) is 23.8 Å². The molecular weight excluding hydrogens is 196 g/mol. The van der Waals surface area contributed by atoms with Gasteiger partial charge in [0.15, 0.2) is 0 Å². The zero-order chi connectivity index (χ0) is 12.3. The number of nitrogens with one attached hydrogen (secondary N) is 1. The maximum atomic E-state index is 3.54. The van der Waals surface area contributed by atoms with Crippen molar-refractivity contribution in [3.8, 4) is 0 Å². The van der Waals surface area contributed by atoms with Crippen molar-refractivity contribution in [1.29, 1.82) is 0 Å². The molecule has 1 unspecified atom stereocenters. The Morgan fingerprint density at radius 1 is 1.12 bits per heavy atom. The first kappa shape index (κ1) is 12.9. The van der Waals surface area contributed by atoms with Gasteiger partial charge in [-0.25, -0.2) is 0 Å². The van der Waals surface area contributed by atoms with Crippen molar-refractivity contribution in [2.24, 2.45) is 5.92 Å². The van der Waals surface area contributed by atoms with Crippen molar-refractivity contribution in [2.45, 2.75) is 33.7 Å². The molecule has 0 radical (unpaired) electrons. The molecule has 2 nitrogen and oxygen atoms in total. The van der Waals surface area contributed by atoms with E-state index in [9.17, 15) is 0 Å². The summed E-state index contributed by atoms with van der Waals surface area (Å²) >= 11 is 0. The minimum atomic E-state index is 0.498. The maximum Gasteiger partial charge on any atom is 0.0411 e. The average molecular weight is 220 g/mol. The summed E-state index contributed by atoms with van der Waals surface area (Å²) in [4.78, 5) is 2.15. The molecule has 90 valence electrons. The Hall–Kier alpha value is -1.18. The first-order valence-corrected chi connectivity index (χ1v) is 5.96. The van der Waals surface area contributed by atoms with Gasteiger partial charge in [0.05, 0.1) is 0 Å². The molecule has 0 saturated carbocycles. The van der Waals surface area contributed by atoms with Crippen LogP contribution in [0.2, 0.25) is 0 Å². The Labute approximate surface area is 99.7 Å². The summed E-state index contributed by atoms with van der Waals surface area (Å²) in [6.45, 7) is 8.84. The molecule has 1 aromatic rings. The van der Waals surface area contributed by atoms with Gasteiger partial charge in [0.1, 0.15) is 0 Å². The zero-order valence-corrected chi connectivity index (χ0v) is 11.3. The van der Waals surface area contributed by atoms with Gasteiger partial charge in [0.2, 0.25) is 0 Å². The number of nitrogens with zero attached hydrogens (tertiary/aromatic N) is 1. The SMILES string of the molecule is Cc1ccc(NC(C)C(C)C)cc1N(C)C. The van der Waals surface area contributed by atoms with Crippen LogP contribution in [0.15, 0.2) is 18.2 Å². The van der Waals surface area contributed by atoms with Crippen molar-refractivity contribution in [3.63, 3.8) is 0 Å². The van der Waals surface area contributed by atoms with Crippen molar-refractivity contribution >= 4 is 11.4 Å². The lowest BCUT2D eigenvalue weighted by Crippen LogP contribution is -2.21. The van der Waals surface area contributed by atoms with Gasteiger partial charge in [-0.15, -0.1) is 0 Å². The second-order valence-corrected chi connectivity index (χ2v) is 5.07. The van der Waals surface area contributed by atoms with E-state index >= 15 is 0 Å². The second-order valence-electron chi connectivity index (χ2n) is 5.07. The minimum Gasteiger partial charge on any atom is -0.382 e. The first-order valence-electron chi connectivity index (χ1n) is 5.96. The van der Waals surface area contributed by atoms with Crippen LogP contribution >= 0.6 is 0 Å². The maximum absolute atomic E-state index is 3.54. The molecule has 0 amide bonds. The standard InChI is InChI=1S/C14H24N2/c1-10(2)12(4)15-13-8-7-11(3)14(9-13)16(5)6/h7-10,12,15H,1-6H3. The molecule has 1 aromatic carbocycles. The topological polar surface area (TPSA) is 15.3 Å². The van der Waals surface area contributed by atoms with Gasteiger partial charge in [0.25, 0.3) is 0 Å². The van der Waals surface area contributed by atoms with Gasteiger partial charge < -0.3 is 10.2 Å². The third-order valence-electron chi connectivity index (χ3n) is 3.09. The summed E-state index contributed by atoms with van der Waals surface area (Å²) in [5.74, 6) is 0.643. The lowest BCUT2D eigenvalue weighted by molar-refractivity contribution is 0.560. The molecule has 0 fully saturated rings. The molecule has 0 aliphatic heterocycles. The molecule has 1 rings (SSSR count). The summed E-state index contributed by atoms with van der Waals surface area (Å²) in [6, 6.07) is 7.04. The van der Waals surface area contributed by atoms with Gasteiger partial charge in [-0.3, -0.25) is 0 Å². The Kier molecular flexibility index (Phi) is 4.22. The number of aryl methyl sites for hydroxylation is 1. The van der Waals surface area contributed by atoms with E-state index in [0.29, 0.717) is 12.0 Å². The molecule has 1 atom stereocenters. The van der Waals surface area contributed by atoms with Crippen molar-refractivity contribution in [2.75, 3.05) is 24.3 Å². The lowest BCUT2D eigenvalue weighted by atomic mass is 10.1. The number of hydrogen-bond donors (Lipinski definition) is 1. The van der Waals surface area contributed by atoms with Gasteiger partial charge in [-0.1, -0.05) is 19.9 Å². The van der Waals surface area contributed by atoms with E-state index in [2.05, 4.69) is 70.2 Å². The molecule has 0 aliphatic rings. The van der Waals surface area contributed by atoms with Crippen LogP contribution in [-0.2, 0) is 0 Å². The van der Waals surface area contributed by atoms with E-state index in [0.717, 1.165) is 0 Å². The van der Waals surface area contributed by atoms with Crippen LogP contribution in [0.5, 0.6) is 0 Å². The summed E-state index contributed by atoms with van der Waals surface area (Å²) in [5.41, 5.74) is 3.80. The van der Waals surface area contributed by atoms with Crippen molar-refractivity contribution < 1.29 is 0 Å². The largest absolute Gasteiger partial charge is 0.382 e. The van der Waals surface area contributed by atoms with Gasteiger partial charge in [0, 0.05) is 31.5 Å². The summed E-state index contributed by atoms with van der Waals surface area (Å²) in [6.07, 6.45) is 0. The van der Waals surface area contributed by atoms with E-state index in [1.807, 2.05) is 0 Å². The Balaban J connectivity index is 2.87. The first-order chi connectivity index (χ1) is 7.41. The Morgan fingerprint density at radius 2 is 1.75 bits per heavy atom. The number of rotatable bonds is 4. The van der Waals surface area contributed by atoms with E-state index < -0.39 is 0 Å². The van der Waals surface area contributed by atoms with Crippen LogP contribution in [0.3, 0.4) is 0 Å². The molecule has 0 aliphatic carbocycles. The van der Waals surface area contributed by atoms with Gasteiger partial charge >= 0.3 is 0 Å². The summed E-state index contributed by atoms with van der Waals surface area (Å²) < 4.78 is 0. The molecular formula is C14H24N2. The molecule has 0 saturated heterocycles. The highest BCUT2D eigenvalue weighted by Gasteiger charge is 2.08. The monoisotopic (exact) mass is 220 g/mol. The van der Waals surface area contributed by atoms with Crippen LogP contribution in [-0.4, -0.2) is 20.1 Å². The van der Waals surface area contributed by atoms with Crippen LogP contribution < -0.4 is 10.2 Å². The predicted octanol–water partition coefficient (Wildman–Crippen LogP) is 3.52. The molecule has 0 aromatic heterocycles. The number of hydrogen-bond acceptors (Lipinski definition) is 2. The quantitative estimate of drug-likeness (QED) is 0.835. The van der Waals surface area contributed by atoms with E-state index in [-0.39, 0.29) is 0 Å². The molecule has 16 heavy (non-hydrogen) atoms. The fourth-order valence-corrected chi connectivity index (χ4v) is 1.61. The van der Waals surface area contributed by atoms with Crippen LogP contribution in [0.4, 0.5) is 11.4 Å². The smallest absolute Gasteiger partial charge is 0.0411 e. The molecule has 2 heteroatoms. The fourth-order valence-electron chi connectivity index (χ4n) is 1.61. The predicted molar refractivity (Wildman–Crippen MR) is 73.4 cm³/mol. The second kappa shape index (κ2) is 5.24. The van der Waals surface area contributed by atoms with Crippen LogP contribution in [0, 0.1) is 12.8 Å². The van der Waals surface area contributed by atoms with Gasteiger partial charge in [-0.2, -0.15) is 0 Å². The molecule has 0 heterocycles. The molecule has 1 N–H and O–H groups in total. The van der Waals surface area contributed by atoms with E-state index in [1.54, 1.807) is 0 Å². The Morgan fingerprint density at radius 3 is 2.25 bits per heavy atom. The molecule has 0 spiro atoms. The minimum absolute atomic E-state index is 0.498. The van der Waals surface area contributed by atoms with Crippen LogP contribution in [0.1, 0.15) is 26.3 Å². The summed E-state index contributed by atoms with van der Waals surface area (Å²) in [5, 5.41) is 3.54. The van der Waals surface area contributed by atoms with Crippen LogP contribution in [0.25, 0.3) is 0 Å². The van der Waals surface area contributed by atoms with E-state index in [4.69, 9.17) is 0 Å². The lowest BCUT2D eigenvalue weighted by Gasteiger charge is -2.22. The zero-order valence-electron chi connectivity index (χ0n) is 11.3. The highest BCUT2D eigenvalue weighted by atomic mass is 15.1. The normalized spacial score (nSPS) is 12.7. The average Bonchev–Trinajstić information content (AvgIpc) is 2.20. The third-order valence-corrected chi connectivity index (χ3v) is 3.09. The van der Waals surface area contributed by atoms with E-state index in [1.165, 1.54) is 16.9 Å².